The lowest BCUT2D eigenvalue weighted by Gasteiger charge is -2.21. The molecular weight excluding hydrogens is 312 g/mol. The molecule has 0 saturated carbocycles. The highest BCUT2D eigenvalue weighted by Gasteiger charge is 2.18. The lowest BCUT2D eigenvalue weighted by molar-refractivity contribution is -0.127. The van der Waals surface area contributed by atoms with E-state index in [1.54, 1.807) is 18.2 Å². The van der Waals surface area contributed by atoms with Gasteiger partial charge < -0.3 is 24.8 Å². The van der Waals surface area contributed by atoms with Gasteiger partial charge in [-0.3, -0.25) is 9.59 Å². The van der Waals surface area contributed by atoms with Crippen molar-refractivity contribution in [3.8, 4) is 11.5 Å². The number of hydrogen-bond donors (Lipinski definition) is 2. The zero-order valence-electron chi connectivity index (χ0n) is 13.5. The lowest BCUT2D eigenvalue weighted by Crippen LogP contribution is -2.35. The van der Waals surface area contributed by atoms with Gasteiger partial charge in [0.2, 0.25) is 11.8 Å². The first kappa shape index (κ1) is 16.6. The summed E-state index contributed by atoms with van der Waals surface area (Å²) in [7, 11) is 0. The molecule has 130 valence electrons. The predicted octanol–water partition coefficient (Wildman–Crippen LogP) is 1.47. The maximum absolute atomic E-state index is 11.9. The van der Waals surface area contributed by atoms with Crippen LogP contribution in [0.4, 0.5) is 5.69 Å². The number of anilines is 1. The molecule has 7 heteroatoms. The first-order chi connectivity index (χ1) is 11.7. The van der Waals surface area contributed by atoms with Crippen molar-refractivity contribution in [1.82, 2.24) is 5.32 Å². The summed E-state index contributed by atoms with van der Waals surface area (Å²) in [6, 6.07) is 5.20. The number of rotatable bonds is 5. The third-order valence-corrected chi connectivity index (χ3v) is 3.96. The van der Waals surface area contributed by atoms with Crippen molar-refractivity contribution in [3.63, 3.8) is 0 Å². The standard InChI is InChI=1S/C17H22N2O5/c20-16(10-13-3-1-2-6-22-13)18-11-17(21)19-12-4-5-14-15(9-12)24-8-7-23-14/h4-5,9,13H,1-3,6-8,10-11H2,(H,18,20)(H,19,21). The average Bonchev–Trinajstić information content (AvgIpc) is 2.61. The number of fused-ring (bicyclic) bond motifs is 1. The first-order valence-corrected chi connectivity index (χ1v) is 8.28. The summed E-state index contributed by atoms with van der Waals surface area (Å²) >= 11 is 0. The van der Waals surface area contributed by atoms with Crippen LogP contribution in [0.5, 0.6) is 11.5 Å². The summed E-state index contributed by atoms with van der Waals surface area (Å²) in [5, 5.41) is 5.36. The van der Waals surface area contributed by atoms with Crippen molar-refractivity contribution >= 4 is 17.5 Å². The van der Waals surface area contributed by atoms with Crippen LogP contribution in [-0.2, 0) is 14.3 Å². The molecule has 1 aromatic carbocycles. The quantitative estimate of drug-likeness (QED) is 0.852. The highest BCUT2D eigenvalue weighted by atomic mass is 16.6. The van der Waals surface area contributed by atoms with E-state index in [-0.39, 0.29) is 24.5 Å². The van der Waals surface area contributed by atoms with Gasteiger partial charge in [0, 0.05) is 18.4 Å². The zero-order valence-corrected chi connectivity index (χ0v) is 13.5. The van der Waals surface area contributed by atoms with Gasteiger partial charge in [0.05, 0.1) is 19.1 Å². The van der Waals surface area contributed by atoms with Crippen LogP contribution in [-0.4, -0.2) is 44.3 Å². The van der Waals surface area contributed by atoms with Gasteiger partial charge in [-0.1, -0.05) is 0 Å². The van der Waals surface area contributed by atoms with Crippen LogP contribution in [0.15, 0.2) is 18.2 Å². The molecular formula is C17H22N2O5. The highest BCUT2D eigenvalue weighted by Crippen LogP contribution is 2.32. The minimum absolute atomic E-state index is 0.0281. The Morgan fingerprint density at radius 3 is 2.67 bits per heavy atom. The van der Waals surface area contributed by atoms with E-state index in [2.05, 4.69) is 10.6 Å². The van der Waals surface area contributed by atoms with E-state index in [4.69, 9.17) is 14.2 Å². The van der Waals surface area contributed by atoms with E-state index in [0.29, 0.717) is 43.4 Å². The molecule has 1 unspecified atom stereocenters. The Morgan fingerprint density at radius 1 is 1.04 bits per heavy atom. The minimum Gasteiger partial charge on any atom is -0.486 e. The molecule has 1 aromatic rings. The second-order valence-corrected chi connectivity index (χ2v) is 5.88. The summed E-state index contributed by atoms with van der Waals surface area (Å²) in [6.45, 7) is 1.65. The van der Waals surface area contributed by atoms with Gasteiger partial charge >= 0.3 is 0 Å². The van der Waals surface area contributed by atoms with E-state index >= 15 is 0 Å². The number of carbonyl (C=O) groups excluding carboxylic acids is 2. The van der Waals surface area contributed by atoms with Crippen LogP contribution in [0, 0.1) is 0 Å². The van der Waals surface area contributed by atoms with Crippen molar-refractivity contribution in [2.24, 2.45) is 0 Å². The molecule has 2 N–H and O–H groups in total. The molecule has 2 amide bonds. The zero-order chi connectivity index (χ0) is 16.8. The van der Waals surface area contributed by atoms with E-state index in [1.165, 1.54) is 0 Å². The van der Waals surface area contributed by atoms with E-state index in [1.807, 2.05) is 0 Å². The fourth-order valence-corrected chi connectivity index (χ4v) is 2.75. The minimum atomic E-state index is -0.287. The molecule has 2 heterocycles. The van der Waals surface area contributed by atoms with Gasteiger partial charge in [-0.2, -0.15) is 0 Å². The molecule has 1 atom stereocenters. The Morgan fingerprint density at radius 2 is 1.88 bits per heavy atom. The van der Waals surface area contributed by atoms with E-state index < -0.39 is 0 Å². The summed E-state index contributed by atoms with van der Waals surface area (Å²) in [4.78, 5) is 23.8. The predicted molar refractivity (Wildman–Crippen MR) is 87.3 cm³/mol. The molecule has 2 aliphatic heterocycles. The topological polar surface area (TPSA) is 85.9 Å². The number of benzene rings is 1. The van der Waals surface area contributed by atoms with Gasteiger partial charge in [0.25, 0.3) is 0 Å². The third kappa shape index (κ3) is 4.61. The number of carbonyl (C=O) groups is 2. The Balaban J connectivity index is 1.42. The van der Waals surface area contributed by atoms with Gasteiger partial charge in [0.15, 0.2) is 11.5 Å². The smallest absolute Gasteiger partial charge is 0.243 e. The summed E-state index contributed by atoms with van der Waals surface area (Å²) in [6.07, 6.45) is 3.31. The number of amides is 2. The van der Waals surface area contributed by atoms with Crippen LogP contribution in [0.2, 0.25) is 0 Å². The molecule has 24 heavy (non-hydrogen) atoms. The molecule has 1 fully saturated rings. The summed E-state index contributed by atoms with van der Waals surface area (Å²) in [5.74, 6) is 0.821. The van der Waals surface area contributed by atoms with Gasteiger partial charge in [-0.15, -0.1) is 0 Å². The number of hydrogen-bond acceptors (Lipinski definition) is 5. The van der Waals surface area contributed by atoms with Crippen LogP contribution >= 0.6 is 0 Å². The number of ether oxygens (including phenoxy) is 3. The molecule has 3 rings (SSSR count). The fourth-order valence-electron chi connectivity index (χ4n) is 2.75. The van der Waals surface area contributed by atoms with Crippen molar-refractivity contribution in [2.75, 3.05) is 31.7 Å². The normalized spacial score (nSPS) is 19.4. The van der Waals surface area contributed by atoms with Crippen LogP contribution in [0.1, 0.15) is 25.7 Å². The van der Waals surface area contributed by atoms with Crippen molar-refractivity contribution < 1.29 is 23.8 Å². The van der Waals surface area contributed by atoms with Crippen molar-refractivity contribution in [3.05, 3.63) is 18.2 Å². The Kier molecular flexibility index (Phi) is 5.53. The van der Waals surface area contributed by atoms with Gasteiger partial charge in [0.1, 0.15) is 13.2 Å². The fraction of sp³-hybridized carbons (Fsp3) is 0.529. The van der Waals surface area contributed by atoms with Crippen molar-refractivity contribution in [2.45, 2.75) is 31.8 Å². The molecule has 1 saturated heterocycles. The van der Waals surface area contributed by atoms with Gasteiger partial charge in [-0.25, -0.2) is 0 Å². The molecule has 0 radical (unpaired) electrons. The lowest BCUT2D eigenvalue weighted by atomic mass is 10.1. The average molecular weight is 334 g/mol. The van der Waals surface area contributed by atoms with Crippen LogP contribution in [0.25, 0.3) is 0 Å². The number of nitrogens with one attached hydrogen (secondary N) is 2. The first-order valence-electron chi connectivity index (χ1n) is 8.28. The second kappa shape index (κ2) is 8.01. The maximum Gasteiger partial charge on any atom is 0.243 e. The summed E-state index contributed by atoms with van der Waals surface area (Å²) in [5.41, 5.74) is 0.606. The van der Waals surface area contributed by atoms with Crippen LogP contribution in [0.3, 0.4) is 0 Å². The molecule has 0 spiro atoms. The third-order valence-electron chi connectivity index (χ3n) is 3.96. The molecule has 7 nitrogen and oxygen atoms in total. The van der Waals surface area contributed by atoms with E-state index in [9.17, 15) is 9.59 Å². The highest BCUT2D eigenvalue weighted by molar-refractivity contribution is 5.94. The second-order valence-electron chi connectivity index (χ2n) is 5.88. The molecule has 2 aliphatic rings. The maximum atomic E-state index is 11.9. The Bertz CT molecular complexity index is 599. The largest absolute Gasteiger partial charge is 0.486 e. The Hall–Kier alpha value is -2.28. The Labute approximate surface area is 140 Å². The summed E-state index contributed by atoms with van der Waals surface area (Å²) < 4.78 is 16.4. The van der Waals surface area contributed by atoms with Crippen molar-refractivity contribution in [1.29, 1.82) is 0 Å². The van der Waals surface area contributed by atoms with E-state index in [0.717, 1.165) is 19.3 Å². The van der Waals surface area contributed by atoms with Crippen LogP contribution < -0.4 is 20.1 Å². The van der Waals surface area contributed by atoms with Gasteiger partial charge in [-0.05, 0) is 31.4 Å². The SMILES string of the molecule is O=C(CC1CCCCO1)NCC(=O)Nc1ccc2c(c1)OCCO2. The monoisotopic (exact) mass is 334 g/mol. The molecule has 0 bridgehead atoms. The molecule has 0 aromatic heterocycles. The molecule has 0 aliphatic carbocycles.